The minimum Gasteiger partial charge on any atom is -0.501 e. The zero-order chi connectivity index (χ0) is 39.2. The largest absolute Gasteiger partial charge is 0.501 e. The van der Waals surface area contributed by atoms with Crippen molar-refractivity contribution < 1.29 is 24.5 Å². The zero-order valence-electron chi connectivity index (χ0n) is 32.9. The van der Waals surface area contributed by atoms with Gasteiger partial charge in [0.05, 0.1) is 28.1 Å². The summed E-state index contributed by atoms with van der Waals surface area (Å²) in [5.41, 5.74) is 9.95. The fourth-order valence-corrected chi connectivity index (χ4v) is 10.1. The summed E-state index contributed by atoms with van der Waals surface area (Å²) < 4.78 is 10.3. The van der Waals surface area contributed by atoms with Gasteiger partial charge in [-0.15, -0.1) is 18.2 Å². The number of imidazole rings is 1. The normalized spacial score (nSPS) is 11.5. The fraction of sp³-hybridized carbons (Fsp3) is 0.0566. The average molecular weight is 999 g/mol. The average Bonchev–Trinajstić information content (AvgIpc) is 3.86. The molecule has 8 aromatic carbocycles. The van der Waals surface area contributed by atoms with Crippen molar-refractivity contribution >= 4 is 72.2 Å². The summed E-state index contributed by atoms with van der Waals surface area (Å²) in [6.07, 6.45) is 2.04. The van der Waals surface area contributed by atoms with Gasteiger partial charge in [0.1, 0.15) is 5.58 Å². The Hall–Kier alpha value is -6.11. The molecule has 3 aromatic heterocycles. The van der Waals surface area contributed by atoms with Crippen LogP contribution in [0.25, 0.3) is 94.0 Å². The molecule has 0 aliphatic heterocycles. The SMILES string of the molecule is [CH3][Ge]([CH3])([CH3])[c]1ccc(-c2[c-]cccc2)nc1.[Ir].[c-]1ccc2c(oc3ccccc32)c1-c1nc2c3ccccc3ccc2n1-c1c(-c2ccccc2)ccc2ccccc12. The molecule has 0 aliphatic rings. The summed E-state index contributed by atoms with van der Waals surface area (Å²) in [6.45, 7) is 0. The van der Waals surface area contributed by atoms with Gasteiger partial charge in [0.15, 0.2) is 0 Å². The van der Waals surface area contributed by atoms with E-state index >= 15 is 0 Å². The number of fused-ring (bicyclic) bond motifs is 7. The van der Waals surface area contributed by atoms with Crippen molar-refractivity contribution in [3.63, 3.8) is 0 Å². The maximum Gasteiger partial charge on any atom is 0.120 e. The van der Waals surface area contributed by atoms with Gasteiger partial charge < -0.3 is 8.98 Å². The monoisotopic (exact) mass is 1000 g/mol. The van der Waals surface area contributed by atoms with E-state index in [1.54, 1.807) is 0 Å². The van der Waals surface area contributed by atoms with Crippen LogP contribution in [0.2, 0.25) is 17.3 Å². The number of benzene rings is 8. The van der Waals surface area contributed by atoms with E-state index in [2.05, 4.69) is 172 Å². The Labute approximate surface area is 359 Å². The number of aromatic nitrogens is 3. The van der Waals surface area contributed by atoms with E-state index in [9.17, 15) is 0 Å². The first-order chi connectivity index (χ1) is 28.4. The van der Waals surface area contributed by atoms with Crippen molar-refractivity contribution in [2.75, 3.05) is 0 Å². The summed E-state index contributed by atoms with van der Waals surface area (Å²) in [7, 11) is 0. The Kier molecular flexibility index (Phi) is 10.4. The molecular weight excluding hydrogens is 959 g/mol. The zero-order valence-corrected chi connectivity index (χ0v) is 37.4. The van der Waals surface area contributed by atoms with Gasteiger partial charge in [-0.1, -0.05) is 126 Å². The van der Waals surface area contributed by atoms with E-state index in [0.29, 0.717) is 0 Å². The molecule has 0 unspecified atom stereocenters. The molecule has 4 nitrogen and oxygen atoms in total. The number of rotatable bonds is 5. The third kappa shape index (κ3) is 7.10. The molecular formula is C53H39GeIrN3O-2. The van der Waals surface area contributed by atoms with Crippen LogP contribution >= 0.6 is 0 Å². The van der Waals surface area contributed by atoms with Crippen LogP contribution < -0.4 is 4.40 Å². The molecule has 3 heterocycles. The van der Waals surface area contributed by atoms with Crippen LogP contribution in [0.1, 0.15) is 0 Å². The predicted octanol–water partition coefficient (Wildman–Crippen LogP) is 13.5. The van der Waals surface area contributed by atoms with E-state index in [-0.39, 0.29) is 20.1 Å². The summed E-state index contributed by atoms with van der Waals surface area (Å²) in [6, 6.07) is 67.8. The van der Waals surface area contributed by atoms with Crippen LogP contribution in [0.4, 0.5) is 0 Å². The van der Waals surface area contributed by atoms with Crippen LogP contribution in [0.3, 0.4) is 0 Å². The van der Waals surface area contributed by atoms with Crippen molar-refractivity contribution in [2.45, 2.75) is 17.3 Å². The standard InChI is InChI=1S/C39H23N2O.C14H16GeN.Ir/c1-2-11-25(12-3-1)30-23-21-27-14-5-7-16-29(27)37(30)41-34-24-22-26-13-4-6-15-28(26)36(34)40-39(41)33-19-10-18-32-31-17-8-9-20-35(31)42-38(32)33;1-15(2,3)13-9-10-14(16-11-13)12-7-5-4-6-8-12;/h1-18,20-24H;4-7,9-11H,1-3H3;/q2*-1;. The van der Waals surface area contributed by atoms with E-state index < -0.39 is 13.3 Å². The molecule has 0 saturated heterocycles. The van der Waals surface area contributed by atoms with Gasteiger partial charge >= 0.3 is 99.8 Å². The van der Waals surface area contributed by atoms with Crippen molar-refractivity contribution in [1.29, 1.82) is 0 Å². The van der Waals surface area contributed by atoms with E-state index in [1.165, 1.54) is 9.78 Å². The molecule has 0 saturated carbocycles. The topological polar surface area (TPSA) is 43.9 Å². The first kappa shape index (κ1) is 38.4. The Bertz CT molecular complexity index is 3260. The van der Waals surface area contributed by atoms with Crippen LogP contribution in [-0.2, 0) is 20.1 Å². The van der Waals surface area contributed by atoms with Gasteiger partial charge in [0.2, 0.25) is 0 Å². The first-order valence-electron chi connectivity index (χ1n) is 19.7. The molecule has 1 radical (unpaired) electrons. The number of pyridine rings is 1. The summed E-state index contributed by atoms with van der Waals surface area (Å²) in [5.74, 6) is 7.95. The number of hydrogen-bond acceptors (Lipinski definition) is 3. The maximum absolute atomic E-state index is 6.53. The molecule has 6 heteroatoms. The smallest absolute Gasteiger partial charge is 0.120 e. The minimum atomic E-state index is -1.72. The van der Waals surface area contributed by atoms with Crippen LogP contribution in [0.15, 0.2) is 187 Å². The second kappa shape index (κ2) is 15.9. The minimum absolute atomic E-state index is 0. The maximum atomic E-state index is 6.53. The van der Waals surface area contributed by atoms with E-state index in [0.717, 1.165) is 88.6 Å². The van der Waals surface area contributed by atoms with Crippen LogP contribution in [0, 0.1) is 12.1 Å². The number of hydrogen-bond donors (Lipinski definition) is 0. The first-order valence-corrected chi connectivity index (χ1v) is 27.0. The molecule has 0 amide bonds. The van der Waals surface area contributed by atoms with Gasteiger partial charge in [-0.25, -0.2) is 0 Å². The molecule has 0 N–H and O–H groups in total. The quantitative estimate of drug-likeness (QED) is 0.127. The van der Waals surface area contributed by atoms with Gasteiger partial charge in [-0.2, -0.15) is 0 Å². The molecule has 287 valence electrons. The van der Waals surface area contributed by atoms with Crippen molar-refractivity contribution in [3.8, 4) is 39.5 Å². The molecule has 11 aromatic rings. The van der Waals surface area contributed by atoms with Gasteiger partial charge in [0, 0.05) is 41.8 Å². The van der Waals surface area contributed by atoms with E-state index in [1.807, 2.05) is 48.7 Å². The molecule has 0 atom stereocenters. The third-order valence-corrected chi connectivity index (χ3v) is 15.2. The second-order valence-electron chi connectivity index (χ2n) is 15.6. The molecule has 0 aliphatic carbocycles. The van der Waals surface area contributed by atoms with Crippen LogP contribution in [-0.4, -0.2) is 27.8 Å². The summed E-state index contributed by atoms with van der Waals surface area (Å²) >= 11 is -1.72. The Balaban J connectivity index is 0.000000224. The summed E-state index contributed by atoms with van der Waals surface area (Å²) in [5, 5.41) is 6.76. The van der Waals surface area contributed by atoms with E-state index in [4.69, 9.17) is 9.40 Å². The molecule has 0 spiro atoms. The van der Waals surface area contributed by atoms with Crippen LogP contribution in [0.5, 0.6) is 0 Å². The second-order valence-corrected chi connectivity index (χ2v) is 26.3. The number of nitrogens with zero attached hydrogens (tertiary/aromatic N) is 3. The molecule has 11 rings (SSSR count). The van der Waals surface area contributed by atoms with Gasteiger partial charge in [0.25, 0.3) is 0 Å². The Morgan fingerprint density at radius 2 is 1.27 bits per heavy atom. The van der Waals surface area contributed by atoms with Gasteiger partial charge in [-0.05, 0) is 28.5 Å². The number of para-hydroxylation sites is 1. The fourth-order valence-electron chi connectivity index (χ4n) is 7.96. The van der Waals surface area contributed by atoms with Crippen molar-refractivity contribution in [1.82, 2.24) is 14.5 Å². The Morgan fingerprint density at radius 1 is 0.576 bits per heavy atom. The summed E-state index contributed by atoms with van der Waals surface area (Å²) in [4.78, 5) is 9.95. The predicted molar refractivity (Wildman–Crippen MR) is 245 cm³/mol. The molecule has 0 fully saturated rings. The van der Waals surface area contributed by atoms with Crippen molar-refractivity contribution in [2.24, 2.45) is 0 Å². The van der Waals surface area contributed by atoms with Gasteiger partial charge in [-0.3, -0.25) is 4.98 Å². The number of furan rings is 1. The molecule has 59 heavy (non-hydrogen) atoms. The Morgan fingerprint density at radius 3 is 2.02 bits per heavy atom. The molecule has 0 bridgehead atoms. The third-order valence-electron chi connectivity index (χ3n) is 10.9. The van der Waals surface area contributed by atoms with Crippen molar-refractivity contribution in [3.05, 3.63) is 194 Å².